The standard InChI is InChI=1S/C13H19FN2O2/c1-10(13(17)16(3)8-7-15-2)18-12-6-4-5-11(14)9-12/h4-6,9-10,15H,7-8H2,1-3H3. The van der Waals surface area contributed by atoms with Gasteiger partial charge in [-0.25, -0.2) is 4.39 Å². The summed E-state index contributed by atoms with van der Waals surface area (Å²) in [5.74, 6) is -0.150. The van der Waals surface area contributed by atoms with Crippen LogP contribution in [-0.2, 0) is 4.79 Å². The fraction of sp³-hybridized carbons (Fsp3) is 0.462. The zero-order valence-electron chi connectivity index (χ0n) is 10.9. The van der Waals surface area contributed by atoms with Gasteiger partial charge in [0.25, 0.3) is 5.91 Å². The van der Waals surface area contributed by atoms with Crippen molar-refractivity contribution in [2.75, 3.05) is 27.2 Å². The summed E-state index contributed by atoms with van der Waals surface area (Å²) in [4.78, 5) is 13.5. The monoisotopic (exact) mass is 254 g/mol. The summed E-state index contributed by atoms with van der Waals surface area (Å²) in [7, 11) is 3.54. The van der Waals surface area contributed by atoms with E-state index in [2.05, 4.69) is 5.32 Å². The molecule has 1 aromatic carbocycles. The number of carbonyl (C=O) groups excluding carboxylic acids is 1. The Morgan fingerprint density at radius 3 is 2.89 bits per heavy atom. The van der Waals surface area contributed by atoms with Crippen LogP contribution in [0.3, 0.4) is 0 Å². The molecule has 18 heavy (non-hydrogen) atoms. The van der Waals surface area contributed by atoms with Crippen LogP contribution in [0.1, 0.15) is 6.92 Å². The number of carbonyl (C=O) groups is 1. The molecule has 5 heteroatoms. The predicted octanol–water partition coefficient (Wildman–Crippen LogP) is 1.27. The highest BCUT2D eigenvalue weighted by molar-refractivity contribution is 5.80. The van der Waals surface area contributed by atoms with Gasteiger partial charge in [-0.15, -0.1) is 0 Å². The second-order valence-corrected chi connectivity index (χ2v) is 4.08. The Morgan fingerprint density at radius 2 is 2.28 bits per heavy atom. The molecular weight excluding hydrogens is 235 g/mol. The van der Waals surface area contributed by atoms with E-state index in [4.69, 9.17) is 4.74 Å². The van der Waals surface area contributed by atoms with E-state index in [-0.39, 0.29) is 11.7 Å². The number of halogens is 1. The first kappa shape index (κ1) is 14.4. The van der Waals surface area contributed by atoms with Gasteiger partial charge >= 0.3 is 0 Å². The van der Waals surface area contributed by atoms with Crippen LogP contribution < -0.4 is 10.1 Å². The van der Waals surface area contributed by atoms with Crippen LogP contribution in [0.25, 0.3) is 0 Å². The van der Waals surface area contributed by atoms with Gasteiger partial charge in [0.05, 0.1) is 0 Å². The second kappa shape index (κ2) is 6.96. The van der Waals surface area contributed by atoms with Crippen molar-refractivity contribution in [2.24, 2.45) is 0 Å². The minimum absolute atomic E-state index is 0.130. The summed E-state index contributed by atoms with van der Waals surface area (Å²) >= 11 is 0. The Kier molecular flexibility index (Phi) is 5.58. The smallest absolute Gasteiger partial charge is 0.263 e. The van der Waals surface area contributed by atoms with Crippen LogP contribution in [0, 0.1) is 5.82 Å². The first-order valence-corrected chi connectivity index (χ1v) is 5.86. The second-order valence-electron chi connectivity index (χ2n) is 4.08. The normalized spacial score (nSPS) is 12.0. The Morgan fingerprint density at radius 1 is 1.56 bits per heavy atom. The van der Waals surface area contributed by atoms with E-state index >= 15 is 0 Å². The third kappa shape index (κ3) is 4.33. The molecule has 100 valence electrons. The van der Waals surface area contributed by atoms with Crippen LogP contribution >= 0.6 is 0 Å². The van der Waals surface area contributed by atoms with Crippen molar-refractivity contribution < 1.29 is 13.9 Å². The van der Waals surface area contributed by atoms with Crippen LogP contribution in [0.5, 0.6) is 5.75 Å². The molecule has 1 atom stereocenters. The molecule has 0 aromatic heterocycles. The highest BCUT2D eigenvalue weighted by Gasteiger charge is 2.18. The number of nitrogens with zero attached hydrogens (tertiary/aromatic N) is 1. The summed E-state index contributed by atoms with van der Waals surface area (Å²) in [5, 5.41) is 2.97. The van der Waals surface area contributed by atoms with Gasteiger partial charge in [-0.1, -0.05) is 6.07 Å². The summed E-state index contributed by atoms with van der Waals surface area (Å²) in [6, 6.07) is 5.77. The summed E-state index contributed by atoms with van der Waals surface area (Å²) in [6.45, 7) is 2.98. The van der Waals surface area contributed by atoms with E-state index in [1.807, 2.05) is 7.05 Å². The van der Waals surface area contributed by atoms with Crippen molar-refractivity contribution in [1.29, 1.82) is 0 Å². The molecule has 0 bridgehead atoms. The number of hydrogen-bond acceptors (Lipinski definition) is 3. The molecule has 0 saturated carbocycles. The predicted molar refractivity (Wildman–Crippen MR) is 68.1 cm³/mol. The van der Waals surface area contributed by atoms with E-state index in [0.29, 0.717) is 12.3 Å². The SMILES string of the molecule is CNCCN(C)C(=O)C(C)Oc1cccc(F)c1. The van der Waals surface area contributed by atoms with E-state index in [1.54, 1.807) is 31.0 Å². The lowest BCUT2D eigenvalue weighted by Gasteiger charge is -2.22. The molecule has 1 unspecified atom stereocenters. The summed E-state index contributed by atoms with van der Waals surface area (Å²) < 4.78 is 18.4. The fourth-order valence-corrected chi connectivity index (χ4v) is 1.49. The maximum Gasteiger partial charge on any atom is 0.263 e. The first-order valence-electron chi connectivity index (χ1n) is 5.86. The van der Waals surface area contributed by atoms with E-state index in [1.165, 1.54) is 12.1 Å². The zero-order valence-corrected chi connectivity index (χ0v) is 10.9. The van der Waals surface area contributed by atoms with Gasteiger partial charge in [-0.3, -0.25) is 4.79 Å². The number of rotatable bonds is 6. The molecule has 0 aliphatic rings. The van der Waals surface area contributed by atoms with Gasteiger partial charge in [0.15, 0.2) is 6.10 Å². The first-order chi connectivity index (χ1) is 8.54. The number of nitrogens with one attached hydrogen (secondary N) is 1. The van der Waals surface area contributed by atoms with Crippen LogP contribution in [0.2, 0.25) is 0 Å². The number of amides is 1. The van der Waals surface area contributed by atoms with Crippen LogP contribution in [0.4, 0.5) is 4.39 Å². The molecule has 1 amide bonds. The van der Waals surface area contributed by atoms with Crippen molar-refractivity contribution in [1.82, 2.24) is 10.2 Å². The molecule has 0 saturated heterocycles. The Hall–Kier alpha value is -1.62. The van der Waals surface area contributed by atoms with Crippen molar-refractivity contribution in [3.05, 3.63) is 30.1 Å². The Balaban J connectivity index is 2.54. The van der Waals surface area contributed by atoms with Crippen LogP contribution in [-0.4, -0.2) is 44.1 Å². The highest BCUT2D eigenvalue weighted by Crippen LogP contribution is 2.14. The zero-order chi connectivity index (χ0) is 13.5. The van der Waals surface area contributed by atoms with Gasteiger partial charge in [0, 0.05) is 26.2 Å². The van der Waals surface area contributed by atoms with E-state index in [0.717, 1.165) is 6.54 Å². The number of hydrogen-bond donors (Lipinski definition) is 1. The van der Waals surface area contributed by atoms with Crippen molar-refractivity contribution in [3.63, 3.8) is 0 Å². The average molecular weight is 254 g/mol. The molecule has 0 aliphatic carbocycles. The average Bonchev–Trinajstić information content (AvgIpc) is 2.35. The maximum atomic E-state index is 13.0. The van der Waals surface area contributed by atoms with Gasteiger partial charge < -0.3 is 15.0 Å². The van der Waals surface area contributed by atoms with Crippen molar-refractivity contribution in [2.45, 2.75) is 13.0 Å². The molecular formula is C13H19FN2O2. The Bertz CT molecular complexity index is 398. The number of likely N-dealkylation sites (N-methyl/N-ethyl adjacent to an activating group) is 2. The third-order valence-electron chi connectivity index (χ3n) is 2.53. The highest BCUT2D eigenvalue weighted by atomic mass is 19.1. The molecule has 1 aromatic rings. The molecule has 4 nitrogen and oxygen atoms in total. The van der Waals surface area contributed by atoms with Crippen LogP contribution in [0.15, 0.2) is 24.3 Å². The summed E-state index contributed by atoms with van der Waals surface area (Å²) in [5.41, 5.74) is 0. The molecule has 1 N–H and O–H groups in total. The van der Waals surface area contributed by atoms with Gasteiger partial charge in [-0.2, -0.15) is 0 Å². The lowest BCUT2D eigenvalue weighted by molar-refractivity contribution is -0.136. The van der Waals surface area contributed by atoms with Gasteiger partial charge in [0.1, 0.15) is 11.6 Å². The minimum Gasteiger partial charge on any atom is -0.481 e. The molecule has 1 rings (SSSR count). The third-order valence-corrected chi connectivity index (χ3v) is 2.53. The topological polar surface area (TPSA) is 41.6 Å². The van der Waals surface area contributed by atoms with Gasteiger partial charge in [-0.05, 0) is 26.1 Å². The summed E-state index contributed by atoms with van der Waals surface area (Å²) in [6.07, 6.45) is -0.631. The fourth-order valence-electron chi connectivity index (χ4n) is 1.49. The number of benzene rings is 1. The van der Waals surface area contributed by atoms with E-state index in [9.17, 15) is 9.18 Å². The number of ether oxygens (including phenoxy) is 1. The largest absolute Gasteiger partial charge is 0.481 e. The molecule has 0 fully saturated rings. The Labute approximate surface area is 107 Å². The lowest BCUT2D eigenvalue weighted by Crippen LogP contribution is -2.40. The lowest BCUT2D eigenvalue weighted by atomic mass is 10.3. The molecule has 0 heterocycles. The van der Waals surface area contributed by atoms with Crippen molar-refractivity contribution >= 4 is 5.91 Å². The minimum atomic E-state index is -0.631. The van der Waals surface area contributed by atoms with Crippen molar-refractivity contribution in [3.8, 4) is 5.75 Å². The van der Waals surface area contributed by atoms with Gasteiger partial charge in [0.2, 0.25) is 0 Å². The quantitative estimate of drug-likeness (QED) is 0.831. The maximum absolute atomic E-state index is 13.0. The molecule has 0 aliphatic heterocycles. The molecule has 0 spiro atoms. The van der Waals surface area contributed by atoms with E-state index < -0.39 is 6.10 Å². The molecule has 0 radical (unpaired) electrons.